The monoisotopic (exact) mass is 326 g/mol. The van der Waals surface area contributed by atoms with E-state index in [-0.39, 0.29) is 0 Å². The molecule has 0 aliphatic heterocycles. The van der Waals surface area contributed by atoms with Gasteiger partial charge in [-0.3, -0.25) is 0 Å². The molecule has 0 radical (unpaired) electrons. The smallest absolute Gasteiger partial charge is 0.309 e. The fourth-order valence-corrected chi connectivity index (χ4v) is 0.758. The van der Waals surface area contributed by atoms with Crippen molar-refractivity contribution in [2.24, 2.45) is 0 Å². The van der Waals surface area contributed by atoms with Crippen molar-refractivity contribution in [2.45, 2.75) is 18.0 Å². The zero-order valence-electron chi connectivity index (χ0n) is 5.64. The van der Waals surface area contributed by atoms with E-state index in [0.717, 1.165) is 23.0 Å². The molecule has 0 N–H and O–H groups in total. The Morgan fingerprint density at radius 2 is 1.31 bits per heavy atom. The molecule has 0 heterocycles. The van der Waals surface area contributed by atoms with Crippen LogP contribution in [0.2, 0.25) is 0 Å². The minimum absolute atomic E-state index is 0.800. The summed E-state index contributed by atoms with van der Waals surface area (Å²) < 4.78 is 85.7. The minimum Gasteiger partial charge on any atom is -0.309 e. The molecule has 0 spiro atoms. The van der Waals surface area contributed by atoms with Gasteiger partial charge in [-0.2, -0.15) is 30.7 Å². The van der Waals surface area contributed by atoms with Gasteiger partial charge in [0, 0.05) is 0 Å². The Morgan fingerprint density at radius 3 is 1.54 bits per heavy atom. The van der Waals surface area contributed by atoms with Crippen molar-refractivity contribution in [3.8, 4) is 0 Å². The van der Waals surface area contributed by atoms with Crippen LogP contribution >= 0.6 is 23.0 Å². The first-order valence-electron chi connectivity index (χ1n) is 2.62. The Balaban J connectivity index is 4.81. The molecule has 0 aromatic rings. The minimum atomic E-state index is -6.29. The lowest BCUT2D eigenvalue weighted by Gasteiger charge is -2.26. The van der Waals surface area contributed by atoms with Crippen LogP contribution in [0.5, 0.6) is 0 Å². The predicted octanol–water partition coefficient (Wildman–Crippen LogP) is 3.19. The van der Waals surface area contributed by atoms with Gasteiger partial charge in [-0.05, 0) is 0 Å². The molecule has 0 fully saturated rings. The normalized spacial score (nSPS) is 14.8. The summed E-state index contributed by atoms with van der Waals surface area (Å²) in [6, 6.07) is 0. The second-order valence-corrected chi connectivity index (χ2v) is 2.65. The van der Waals surface area contributed by atoms with E-state index >= 15 is 0 Å². The molecular weight excluding hydrogens is 324 g/mol. The summed E-state index contributed by atoms with van der Waals surface area (Å²) >= 11 is 0.800. The molecule has 0 aromatic carbocycles. The summed E-state index contributed by atoms with van der Waals surface area (Å²) in [7, 11) is 0. The number of alkyl halides is 7. The van der Waals surface area contributed by atoms with E-state index < -0.39 is 24.6 Å². The molecule has 9 heteroatoms. The van der Waals surface area contributed by atoms with Gasteiger partial charge in [0.2, 0.25) is 0 Å². The Hall–Kier alpha value is 0.200. The van der Waals surface area contributed by atoms with Crippen LogP contribution in [0.15, 0.2) is 0 Å². The van der Waals surface area contributed by atoms with Gasteiger partial charge in [-0.15, -0.1) is 0 Å². The van der Waals surface area contributed by atoms with Crippen LogP contribution in [-0.4, -0.2) is 24.6 Å². The first-order chi connectivity index (χ1) is 5.56. The third kappa shape index (κ3) is 2.58. The van der Waals surface area contributed by atoms with Crippen molar-refractivity contribution in [3.63, 3.8) is 0 Å². The highest BCUT2D eigenvalue weighted by Crippen LogP contribution is 2.46. The Bertz CT molecular complexity index is 176. The maximum Gasteiger partial charge on any atom is 0.459 e. The van der Waals surface area contributed by atoms with Gasteiger partial charge in [0.1, 0.15) is 29.6 Å². The van der Waals surface area contributed by atoms with Crippen LogP contribution in [0.25, 0.3) is 0 Å². The van der Waals surface area contributed by atoms with E-state index in [1.165, 1.54) is 0 Å². The molecule has 80 valence electrons. The summed E-state index contributed by atoms with van der Waals surface area (Å²) in [6.07, 6.45) is -6.29. The molecule has 0 aliphatic rings. The second kappa shape index (κ2) is 3.75. The van der Waals surface area contributed by atoms with Crippen molar-refractivity contribution >= 4 is 23.0 Å². The largest absolute Gasteiger partial charge is 0.459 e. The fourth-order valence-electron chi connectivity index (χ4n) is 0.367. The second-order valence-electron chi connectivity index (χ2n) is 2.03. The topological polar surface area (TPSA) is 9.23 Å². The fraction of sp³-hybridized carbons (Fsp3) is 1.00. The van der Waals surface area contributed by atoms with E-state index in [2.05, 4.69) is 3.07 Å². The Morgan fingerprint density at radius 1 is 0.923 bits per heavy atom. The van der Waals surface area contributed by atoms with E-state index in [1.54, 1.807) is 0 Å². The maximum atomic E-state index is 12.1. The standard InChI is InChI=1S/C4H2F7IO/c5-2(6,1-13-12)3(7,8)4(9,10)11/h1H2. The zero-order valence-corrected chi connectivity index (χ0v) is 7.80. The third-order valence-corrected chi connectivity index (χ3v) is 1.36. The summed E-state index contributed by atoms with van der Waals surface area (Å²) in [5.41, 5.74) is 0. The van der Waals surface area contributed by atoms with Crippen LogP contribution in [0, 0.1) is 0 Å². The summed E-state index contributed by atoms with van der Waals surface area (Å²) in [5.74, 6) is -11.3. The first-order valence-corrected chi connectivity index (χ1v) is 3.50. The Kier molecular flexibility index (Phi) is 3.81. The molecule has 0 aromatic heterocycles. The van der Waals surface area contributed by atoms with Crippen molar-refractivity contribution < 1.29 is 33.8 Å². The van der Waals surface area contributed by atoms with Gasteiger partial charge >= 0.3 is 18.0 Å². The molecule has 0 rings (SSSR count). The third-order valence-electron chi connectivity index (χ3n) is 1.05. The molecule has 1 nitrogen and oxygen atoms in total. The van der Waals surface area contributed by atoms with Crippen molar-refractivity contribution in [1.29, 1.82) is 0 Å². The lowest BCUT2D eigenvalue weighted by molar-refractivity contribution is -0.357. The van der Waals surface area contributed by atoms with Crippen LogP contribution in [-0.2, 0) is 3.07 Å². The highest BCUT2D eigenvalue weighted by Gasteiger charge is 2.73. The number of halogens is 8. The van der Waals surface area contributed by atoms with E-state index in [1.807, 2.05) is 0 Å². The zero-order chi connectivity index (χ0) is 10.9. The molecule has 0 aliphatic carbocycles. The van der Waals surface area contributed by atoms with Gasteiger partial charge in [0.05, 0.1) is 0 Å². The van der Waals surface area contributed by atoms with Gasteiger partial charge < -0.3 is 3.07 Å². The molecule has 0 amide bonds. The quantitative estimate of drug-likeness (QED) is 0.572. The van der Waals surface area contributed by atoms with Crippen molar-refractivity contribution in [2.75, 3.05) is 6.61 Å². The molecular formula is C4H2F7IO. The average molecular weight is 326 g/mol. The average Bonchev–Trinajstić information content (AvgIpc) is 1.84. The highest BCUT2D eigenvalue weighted by atomic mass is 127. The number of hydrogen-bond donors (Lipinski definition) is 0. The molecule has 0 saturated carbocycles. The molecule has 0 saturated heterocycles. The van der Waals surface area contributed by atoms with Gasteiger partial charge in [0.25, 0.3) is 0 Å². The predicted molar refractivity (Wildman–Crippen MR) is 35.9 cm³/mol. The highest BCUT2D eigenvalue weighted by molar-refractivity contribution is 14.1. The van der Waals surface area contributed by atoms with Crippen LogP contribution in [0.4, 0.5) is 30.7 Å². The van der Waals surface area contributed by atoms with Crippen LogP contribution in [0.1, 0.15) is 0 Å². The summed E-state index contributed by atoms with van der Waals surface area (Å²) in [4.78, 5) is 0. The lowest BCUT2D eigenvalue weighted by atomic mass is 10.2. The van der Waals surface area contributed by atoms with Crippen molar-refractivity contribution in [1.82, 2.24) is 0 Å². The molecule has 0 unspecified atom stereocenters. The Labute approximate surface area is 81.9 Å². The van der Waals surface area contributed by atoms with E-state index in [0.29, 0.717) is 0 Å². The summed E-state index contributed by atoms with van der Waals surface area (Å²) in [6.45, 7) is -2.00. The van der Waals surface area contributed by atoms with E-state index in [4.69, 9.17) is 0 Å². The van der Waals surface area contributed by atoms with Gasteiger partial charge in [0.15, 0.2) is 0 Å². The van der Waals surface area contributed by atoms with Crippen LogP contribution < -0.4 is 0 Å². The first kappa shape index (κ1) is 13.2. The van der Waals surface area contributed by atoms with E-state index in [9.17, 15) is 30.7 Å². The SMILES string of the molecule is FC(F)(F)C(F)(F)C(F)(F)COI. The van der Waals surface area contributed by atoms with Gasteiger partial charge in [-0.1, -0.05) is 0 Å². The lowest BCUT2D eigenvalue weighted by Crippen LogP contribution is -2.53. The molecule has 13 heavy (non-hydrogen) atoms. The van der Waals surface area contributed by atoms with Crippen LogP contribution in [0.3, 0.4) is 0 Å². The number of rotatable bonds is 3. The molecule has 0 atom stereocenters. The molecule has 0 bridgehead atoms. The van der Waals surface area contributed by atoms with Crippen molar-refractivity contribution in [3.05, 3.63) is 0 Å². The van der Waals surface area contributed by atoms with Gasteiger partial charge in [-0.25, -0.2) is 0 Å². The maximum absolute atomic E-state index is 12.1. The summed E-state index contributed by atoms with van der Waals surface area (Å²) in [5, 5.41) is 0. The number of hydrogen-bond acceptors (Lipinski definition) is 1.